The summed E-state index contributed by atoms with van der Waals surface area (Å²) in [6, 6.07) is 0. The molecule has 2 bridgehead atoms. The van der Waals surface area contributed by atoms with Crippen molar-refractivity contribution in [3.63, 3.8) is 0 Å². The van der Waals surface area contributed by atoms with Crippen molar-refractivity contribution in [3.8, 4) is 0 Å². The number of rotatable bonds is 2. The predicted octanol–water partition coefficient (Wildman–Crippen LogP) is 1.32. The van der Waals surface area contributed by atoms with Gasteiger partial charge in [0, 0.05) is 5.92 Å². The molecule has 2 aliphatic rings. The number of carbonyl (C=O) groups is 2. The molecule has 0 saturated heterocycles. The van der Waals surface area contributed by atoms with Gasteiger partial charge in [0.2, 0.25) is 0 Å². The van der Waals surface area contributed by atoms with Gasteiger partial charge in [0.1, 0.15) is 6.29 Å². The number of hydrogen-bond donors (Lipinski definition) is 1. The normalized spacial score (nSPS) is 47.9. The second-order valence-electron chi connectivity index (χ2n) is 4.52. The highest BCUT2D eigenvalue weighted by Gasteiger charge is 2.59. The summed E-state index contributed by atoms with van der Waals surface area (Å²) in [6.45, 7) is 1.73. The van der Waals surface area contributed by atoms with E-state index in [1.807, 2.05) is 0 Å². The van der Waals surface area contributed by atoms with Crippen LogP contribution in [0.25, 0.3) is 0 Å². The molecule has 0 aromatic carbocycles. The summed E-state index contributed by atoms with van der Waals surface area (Å²) in [5, 5.41) is 9.14. The Labute approximate surface area is 77.1 Å². The van der Waals surface area contributed by atoms with Gasteiger partial charge in [-0.3, -0.25) is 4.79 Å². The van der Waals surface area contributed by atoms with Crippen LogP contribution in [0.3, 0.4) is 0 Å². The van der Waals surface area contributed by atoms with E-state index in [9.17, 15) is 9.59 Å². The van der Waals surface area contributed by atoms with Crippen LogP contribution in [-0.2, 0) is 9.59 Å². The first kappa shape index (κ1) is 8.73. The lowest BCUT2D eigenvalue weighted by Crippen LogP contribution is -2.41. The average Bonchev–Trinajstić information content (AvgIpc) is 2.62. The van der Waals surface area contributed by atoms with Crippen LogP contribution in [0.4, 0.5) is 0 Å². The number of hydrogen-bond acceptors (Lipinski definition) is 2. The van der Waals surface area contributed by atoms with Gasteiger partial charge in [0.15, 0.2) is 0 Å². The number of carboxylic acid groups (broad SMARTS) is 1. The van der Waals surface area contributed by atoms with Crippen molar-refractivity contribution in [3.05, 3.63) is 0 Å². The summed E-state index contributed by atoms with van der Waals surface area (Å²) in [7, 11) is 0. The van der Waals surface area contributed by atoms with E-state index in [2.05, 4.69) is 0 Å². The molecule has 1 N–H and O–H groups in total. The number of aliphatic carboxylic acids is 1. The fraction of sp³-hybridized carbons (Fsp3) is 0.800. The largest absolute Gasteiger partial charge is 0.481 e. The van der Waals surface area contributed by atoms with Crippen LogP contribution >= 0.6 is 0 Å². The Morgan fingerprint density at radius 1 is 1.54 bits per heavy atom. The van der Waals surface area contributed by atoms with Crippen molar-refractivity contribution in [1.82, 2.24) is 0 Å². The van der Waals surface area contributed by atoms with Crippen LogP contribution in [0, 0.1) is 23.2 Å². The molecule has 0 heterocycles. The summed E-state index contributed by atoms with van der Waals surface area (Å²) < 4.78 is 0. The van der Waals surface area contributed by atoms with Crippen LogP contribution in [0.1, 0.15) is 26.2 Å². The third-order valence-corrected chi connectivity index (χ3v) is 4.13. The van der Waals surface area contributed by atoms with Crippen LogP contribution in [-0.4, -0.2) is 17.4 Å². The summed E-state index contributed by atoms with van der Waals surface area (Å²) >= 11 is 0. The lowest BCUT2D eigenvalue weighted by Gasteiger charge is -2.34. The van der Waals surface area contributed by atoms with Gasteiger partial charge in [-0.2, -0.15) is 0 Å². The highest BCUT2D eigenvalue weighted by atomic mass is 16.4. The fourth-order valence-electron chi connectivity index (χ4n) is 3.22. The maximum absolute atomic E-state index is 11.1. The molecule has 2 saturated carbocycles. The first-order chi connectivity index (χ1) is 6.10. The van der Waals surface area contributed by atoms with E-state index in [1.54, 1.807) is 6.92 Å². The Hall–Kier alpha value is -0.860. The van der Waals surface area contributed by atoms with Crippen LogP contribution < -0.4 is 0 Å². The van der Waals surface area contributed by atoms with E-state index in [-0.39, 0.29) is 11.8 Å². The second-order valence-corrected chi connectivity index (χ2v) is 4.52. The zero-order chi connectivity index (χ0) is 9.64. The number of carboxylic acids is 1. The van der Waals surface area contributed by atoms with E-state index >= 15 is 0 Å². The molecule has 0 radical (unpaired) electrons. The van der Waals surface area contributed by atoms with Crippen molar-refractivity contribution in [2.24, 2.45) is 23.2 Å². The third-order valence-electron chi connectivity index (χ3n) is 4.13. The van der Waals surface area contributed by atoms with E-state index in [4.69, 9.17) is 5.11 Å². The van der Waals surface area contributed by atoms with Gasteiger partial charge in [-0.25, -0.2) is 0 Å². The first-order valence-corrected chi connectivity index (χ1v) is 4.79. The Bertz CT molecular complexity index is 261. The van der Waals surface area contributed by atoms with Gasteiger partial charge in [-0.15, -0.1) is 0 Å². The van der Waals surface area contributed by atoms with Gasteiger partial charge >= 0.3 is 5.97 Å². The van der Waals surface area contributed by atoms with Crippen molar-refractivity contribution in [2.45, 2.75) is 26.2 Å². The molecule has 72 valence electrons. The minimum atomic E-state index is -0.795. The molecule has 2 rings (SSSR count). The van der Waals surface area contributed by atoms with Gasteiger partial charge in [-0.1, -0.05) is 0 Å². The Morgan fingerprint density at radius 2 is 2.23 bits per heavy atom. The SMILES string of the molecule is CC1(C(=O)O)C2CCC(C2)C1C=O. The van der Waals surface area contributed by atoms with Gasteiger partial charge < -0.3 is 9.90 Å². The Balaban J connectivity index is 2.36. The molecule has 4 atom stereocenters. The first-order valence-electron chi connectivity index (χ1n) is 4.79. The number of aldehydes is 1. The molecule has 2 fully saturated rings. The molecule has 4 unspecified atom stereocenters. The zero-order valence-corrected chi connectivity index (χ0v) is 7.69. The van der Waals surface area contributed by atoms with Gasteiger partial charge in [0.05, 0.1) is 5.41 Å². The van der Waals surface area contributed by atoms with Crippen molar-refractivity contribution < 1.29 is 14.7 Å². The molecular formula is C10H14O3. The van der Waals surface area contributed by atoms with E-state index in [0.717, 1.165) is 25.5 Å². The van der Waals surface area contributed by atoms with Crippen molar-refractivity contribution in [2.75, 3.05) is 0 Å². The van der Waals surface area contributed by atoms with Crippen molar-refractivity contribution in [1.29, 1.82) is 0 Å². The topological polar surface area (TPSA) is 54.4 Å². The lowest BCUT2D eigenvalue weighted by atomic mass is 9.68. The minimum Gasteiger partial charge on any atom is -0.481 e. The summed E-state index contributed by atoms with van der Waals surface area (Å²) in [6.07, 6.45) is 3.82. The second kappa shape index (κ2) is 2.56. The van der Waals surface area contributed by atoms with Crippen LogP contribution in [0.5, 0.6) is 0 Å². The molecule has 0 aliphatic heterocycles. The molecule has 2 aliphatic carbocycles. The lowest BCUT2D eigenvalue weighted by molar-refractivity contribution is -0.156. The Morgan fingerprint density at radius 3 is 2.69 bits per heavy atom. The average molecular weight is 182 g/mol. The summed E-state index contributed by atoms with van der Waals surface area (Å²) in [4.78, 5) is 22.0. The van der Waals surface area contributed by atoms with E-state index < -0.39 is 11.4 Å². The van der Waals surface area contributed by atoms with Crippen LogP contribution in [0.15, 0.2) is 0 Å². The molecule has 3 nitrogen and oxygen atoms in total. The highest BCUT2D eigenvalue weighted by molar-refractivity contribution is 5.80. The van der Waals surface area contributed by atoms with Crippen molar-refractivity contribution >= 4 is 12.3 Å². The van der Waals surface area contributed by atoms with E-state index in [0.29, 0.717) is 5.92 Å². The van der Waals surface area contributed by atoms with Crippen LogP contribution in [0.2, 0.25) is 0 Å². The predicted molar refractivity (Wildman–Crippen MR) is 46.1 cm³/mol. The zero-order valence-electron chi connectivity index (χ0n) is 7.69. The van der Waals surface area contributed by atoms with Gasteiger partial charge in [-0.05, 0) is 38.0 Å². The molecule has 0 aromatic heterocycles. The maximum atomic E-state index is 11.1. The molecule has 0 spiro atoms. The fourth-order valence-corrected chi connectivity index (χ4v) is 3.22. The number of carbonyl (C=O) groups excluding carboxylic acids is 1. The smallest absolute Gasteiger partial charge is 0.310 e. The quantitative estimate of drug-likeness (QED) is 0.655. The monoisotopic (exact) mass is 182 g/mol. The molecule has 3 heteroatoms. The van der Waals surface area contributed by atoms with E-state index in [1.165, 1.54) is 0 Å². The highest BCUT2D eigenvalue weighted by Crippen LogP contribution is 2.58. The third kappa shape index (κ3) is 0.901. The maximum Gasteiger partial charge on any atom is 0.310 e. The summed E-state index contributed by atoms with van der Waals surface area (Å²) in [5.41, 5.74) is -0.773. The Kier molecular flexibility index (Phi) is 1.72. The molecule has 13 heavy (non-hydrogen) atoms. The molecule has 0 amide bonds. The summed E-state index contributed by atoms with van der Waals surface area (Å²) in [5.74, 6) is -0.477. The standard InChI is InChI=1S/C10H14O3/c1-10(9(12)13)7-3-2-6(4-7)8(10)5-11/h5-8H,2-4H2,1H3,(H,12,13). The molecular weight excluding hydrogens is 168 g/mol. The minimum absolute atomic E-state index is 0.227. The number of fused-ring (bicyclic) bond motifs is 2. The van der Waals surface area contributed by atoms with Gasteiger partial charge in [0.25, 0.3) is 0 Å². The molecule has 0 aromatic rings.